The molecule has 210 valence electrons. The molecule has 0 fully saturated rings. The Hall–Kier alpha value is -3.51. The van der Waals surface area contributed by atoms with Crippen LogP contribution >= 0.6 is 0 Å². The van der Waals surface area contributed by atoms with Crippen LogP contribution in [0, 0.1) is 35.3 Å². The number of hydrogen-bond acceptors (Lipinski definition) is 3. The summed E-state index contributed by atoms with van der Waals surface area (Å²) in [6, 6.07) is 19.7. The second-order valence-electron chi connectivity index (χ2n) is 11.5. The van der Waals surface area contributed by atoms with E-state index in [-0.39, 0.29) is 17.6 Å². The summed E-state index contributed by atoms with van der Waals surface area (Å²) < 4.78 is 34.7. The van der Waals surface area contributed by atoms with Crippen LogP contribution < -0.4 is 4.74 Å². The summed E-state index contributed by atoms with van der Waals surface area (Å²) >= 11 is 0. The van der Waals surface area contributed by atoms with Gasteiger partial charge in [0.05, 0.1) is 18.1 Å². The molecule has 0 unspecified atom stereocenters. The molecule has 0 spiro atoms. The van der Waals surface area contributed by atoms with Crippen molar-refractivity contribution in [1.29, 1.82) is 0 Å². The summed E-state index contributed by atoms with van der Waals surface area (Å²) in [5, 5.41) is 0. The van der Waals surface area contributed by atoms with E-state index in [1.807, 2.05) is 42.5 Å². The molecule has 1 aliphatic rings. The molecule has 40 heavy (non-hydrogen) atoms. The third kappa shape index (κ3) is 6.44. The van der Waals surface area contributed by atoms with Gasteiger partial charge >= 0.3 is 0 Å². The monoisotopic (exact) mass is 543 g/mol. The van der Waals surface area contributed by atoms with Crippen LogP contribution in [0.5, 0.6) is 5.75 Å². The predicted octanol–water partition coefficient (Wildman–Crippen LogP) is 7.95. The summed E-state index contributed by atoms with van der Waals surface area (Å²) in [7, 11) is 1.67. The Morgan fingerprint density at radius 3 is 2.23 bits per heavy atom. The number of rotatable bonds is 10. The van der Waals surface area contributed by atoms with Crippen LogP contribution in [0.1, 0.15) is 44.1 Å². The maximum Gasteiger partial charge on any atom is 0.127 e. The van der Waals surface area contributed by atoms with E-state index in [2.05, 4.69) is 36.7 Å². The van der Waals surface area contributed by atoms with Gasteiger partial charge in [0.15, 0.2) is 0 Å². The van der Waals surface area contributed by atoms with Crippen LogP contribution in [0.3, 0.4) is 0 Å². The summed E-state index contributed by atoms with van der Waals surface area (Å²) in [6.45, 7) is 8.39. The number of nitrogens with zero attached hydrogens (tertiary/aromatic N) is 2. The minimum Gasteiger partial charge on any atom is -0.497 e. The van der Waals surface area contributed by atoms with E-state index in [0.717, 1.165) is 42.0 Å². The number of imidazole rings is 1. The van der Waals surface area contributed by atoms with Gasteiger partial charge in [0.25, 0.3) is 0 Å². The highest BCUT2D eigenvalue weighted by atomic mass is 19.1. The molecule has 3 atom stereocenters. The first-order valence-corrected chi connectivity index (χ1v) is 14.2. The van der Waals surface area contributed by atoms with Crippen LogP contribution in [-0.4, -0.2) is 28.5 Å². The van der Waals surface area contributed by atoms with Crippen LogP contribution in [0.25, 0.3) is 11.0 Å². The Bertz CT molecular complexity index is 1430. The van der Waals surface area contributed by atoms with Gasteiger partial charge in [0.1, 0.15) is 23.2 Å². The standard InChI is InChI=1S/C34H39F2N3O/c1-22(2)29-16-26(17-34-37-32-14-13-28(40-4)18-33(32)38-34)23(3)15-27(29)21-39(19-24-9-5-7-11-30(24)35)20-25-10-6-8-12-31(25)36/h5-15,18,22,26-27,29H,16-17,19-21H2,1-4H3,(H,37,38)/t26-,27-,29-/m0/s1. The molecule has 0 bridgehead atoms. The lowest BCUT2D eigenvalue weighted by atomic mass is 9.69. The molecule has 1 N–H and O–H groups in total. The fraction of sp³-hybridized carbons (Fsp3) is 0.382. The average molecular weight is 544 g/mol. The molecule has 6 heteroatoms. The van der Waals surface area contributed by atoms with Crippen molar-refractivity contribution in [1.82, 2.24) is 14.9 Å². The van der Waals surface area contributed by atoms with Crippen molar-refractivity contribution >= 4 is 11.0 Å². The molecule has 4 aromatic rings. The zero-order valence-corrected chi connectivity index (χ0v) is 23.8. The Labute approximate surface area is 236 Å². The molecule has 0 aliphatic heterocycles. The van der Waals surface area contributed by atoms with Crippen LogP contribution in [0.15, 0.2) is 78.4 Å². The lowest BCUT2D eigenvalue weighted by Gasteiger charge is -2.39. The summed E-state index contributed by atoms with van der Waals surface area (Å²) in [5.41, 5.74) is 4.56. The number of methoxy groups -OCH3 is 1. The van der Waals surface area contributed by atoms with E-state index in [1.54, 1.807) is 19.2 Å². The SMILES string of the molecule is COc1ccc2nc(C[C@@H]3C[C@@H](C(C)C)[C@H](CN(Cc4ccccc4F)Cc4ccccc4F)C=C3C)[nH]c2c1. The first-order chi connectivity index (χ1) is 19.3. The fourth-order valence-corrected chi connectivity index (χ4v) is 6.20. The largest absolute Gasteiger partial charge is 0.497 e. The smallest absolute Gasteiger partial charge is 0.127 e. The molecule has 4 nitrogen and oxygen atoms in total. The number of fused-ring (bicyclic) bond motifs is 1. The molecule has 0 amide bonds. The number of hydrogen-bond donors (Lipinski definition) is 1. The highest BCUT2D eigenvalue weighted by Crippen LogP contribution is 2.39. The number of aromatic amines is 1. The lowest BCUT2D eigenvalue weighted by molar-refractivity contribution is 0.149. The van der Waals surface area contributed by atoms with Gasteiger partial charge in [-0.1, -0.05) is 61.9 Å². The van der Waals surface area contributed by atoms with Crippen molar-refractivity contribution < 1.29 is 13.5 Å². The maximum absolute atomic E-state index is 14.7. The van der Waals surface area contributed by atoms with E-state index in [0.29, 0.717) is 42.0 Å². The third-order valence-corrected chi connectivity index (χ3v) is 8.43. The molecule has 0 radical (unpaired) electrons. The van der Waals surface area contributed by atoms with Crippen molar-refractivity contribution in [2.24, 2.45) is 23.7 Å². The van der Waals surface area contributed by atoms with Gasteiger partial charge in [0.2, 0.25) is 0 Å². The predicted molar refractivity (Wildman–Crippen MR) is 157 cm³/mol. The Morgan fingerprint density at radius 2 is 1.62 bits per heavy atom. The van der Waals surface area contributed by atoms with E-state index in [1.165, 1.54) is 17.7 Å². The normalized spacial score (nSPS) is 19.4. The molecular formula is C34H39F2N3O. The van der Waals surface area contributed by atoms with Gasteiger partial charge in [-0.2, -0.15) is 0 Å². The van der Waals surface area contributed by atoms with Crippen molar-refractivity contribution in [3.63, 3.8) is 0 Å². The third-order valence-electron chi connectivity index (χ3n) is 8.43. The molecule has 1 aliphatic carbocycles. The molecule has 1 aromatic heterocycles. The van der Waals surface area contributed by atoms with Crippen molar-refractivity contribution in [3.8, 4) is 5.75 Å². The van der Waals surface area contributed by atoms with E-state index < -0.39 is 0 Å². The number of ether oxygens (including phenoxy) is 1. The summed E-state index contributed by atoms with van der Waals surface area (Å²) in [4.78, 5) is 10.5. The second-order valence-corrected chi connectivity index (χ2v) is 11.5. The van der Waals surface area contributed by atoms with Crippen molar-refractivity contribution in [3.05, 3.63) is 107 Å². The molecule has 1 heterocycles. The quantitative estimate of drug-likeness (QED) is 0.206. The number of allylic oxidation sites excluding steroid dienone is 1. The molecule has 0 saturated carbocycles. The zero-order valence-electron chi connectivity index (χ0n) is 23.8. The van der Waals surface area contributed by atoms with Crippen molar-refractivity contribution in [2.75, 3.05) is 13.7 Å². The summed E-state index contributed by atoms with van der Waals surface area (Å²) in [6.07, 6.45) is 4.32. The number of nitrogens with one attached hydrogen (secondary N) is 1. The van der Waals surface area contributed by atoms with Gasteiger partial charge < -0.3 is 9.72 Å². The van der Waals surface area contributed by atoms with E-state index >= 15 is 0 Å². The van der Waals surface area contributed by atoms with Gasteiger partial charge in [-0.3, -0.25) is 4.90 Å². The minimum atomic E-state index is -0.222. The minimum absolute atomic E-state index is 0.222. The van der Waals surface area contributed by atoms with Crippen molar-refractivity contribution in [2.45, 2.75) is 46.7 Å². The zero-order chi connectivity index (χ0) is 28.2. The summed E-state index contributed by atoms with van der Waals surface area (Å²) in [5.74, 6) is 2.95. The highest BCUT2D eigenvalue weighted by molar-refractivity contribution is 5.76. The second kappa shape index (κ2) is 12.3. The van der Waals surface area contributed by atoms with E-state index in [4.69, 9.17) is 9.72 Å². The number of benzene rings is 3. The van der Waals surface area contributed by atoms with Gasteiger partial charge in [-0.05, 0) is 61.3 Å². The van der Waals surface area contributed by atoms with E-state index in [9.17, 15) is 8.78 Å². The molecule has 5 rings (SSSR count). The van der Waals surface area contributed by atoms with Gasteiger partial charge in [0, 0.05) is 43.2 Å². The highest BCUT2D eigenvalue weighted by Gasteiger charge is 2.33. The first-order valence-electron chi connectivity index (χ1n) is 14.2. The topological polar surface area (TPSA) is 41.1 Å². The van der Waals surface area contributed by atoms with Crippen LogP contribution in [0.4, 0.5) is 8.78 Å². The lowest BCUT2D eigenvalue weighted by Crippen LogP contribution is -2.37. The van der Waals surface area contributed by atoms with Gasteiger partial charge in [-0.15, -0.1) is 0 Å². The van der Waals surface area contributed by atoms with Crippen LogP contribution in [-0.2, 0) is 19.5 Å². The molecule has 0 saturated heterocycles. The first kappa shape index (κ1) is 28.0. The Balaban J connectivity index is 1.38. The Kier molecular flexibility index (Phi) is 8.65. The molecule has 3 aromatic carbocycles. The fourth-order valence-electron chi connectivity index (χ4n) is 6.20. The molecular weight excluding hydrogens is 504 g/mol. The van der Waals surface area contributed by atoms with Crippen LogP contribution in [0.2, 0.25) is 0 Å². The Morgan fingerprint density at radius 1 is 0.975 bits per heavy atom. The number of halogens is 2. The number of aromatic nitrogens is 2. The van der Waals surface area contributed by atoms with Gasteiger partial charge in [-0.25, -0.2) is 13.8 Å². The average Bonchev–Trinajstić information content (AvgIpc) is 3.34. The maximum atomic E-state index is 14.7. The number of H-pyrrole nitrogens is 1.